The second kappa shape index (κ2) is 16.2. The molecular formula is C34H39N3O10. The fourth-order valence-electron chi connectivity index (χ4n) is 4.55. The largest absolute Gasteiger partial charge is 0.519 e. The Morgan fingerprint density at radius 1 is 0.851 bits per heavy atom. The summed E-state index contributed by atoms with van der Waals surface area (Å²) < 4.78 is 15.9. The van der Waals surface area contributed by atoms with Crippen LogP contribution in [-0.2, 0) is 26.2 Å². The molecule has 3 N–H and O–H groups in total. The molecule has 0 aromatic heterocycles. The first-order chi connectivity index (χ1) is 22.1. The second-order valence-corrected chi connectivity index (χ2v) is 12.2. The monoisotopic (exact) mass is 649 g/mol. The molecule has 13 nitrogen and oxygen atoms in total. The minimum atomic E-state index is -1.32. The Bertz CT molecular complexity index is 1560. The molecule has 0 saturated carbocycles. The summed E-state index contributed by atoms with van der Waals surface area (Å²) >= 11 is 0. The molecule has 0 aliphatic rings. The zero-order valence-electron chi connectivity index (χ0n) is 26.9. The topological polar surface area (TPSA) is 183 Å². The van der Waals surface area contributed by atoms with Crippen LogP contribution in [0, 0.1) is 16.0 Å². The molecule has 0 bridgehead atoms. The van der Waals surface area contributed by atoms with E-state index in [1.807, 2.05) is 52.8 Å². The van der Waals surface area contributed by atoms with E-state index in [0.717, 1.165) is 5.56 Å². The van der Waals surface area contributed by atoms with E-state index in [1.54, 1.807) is 6.07 Å². The van der Waals surface area contributed by atoms with Crippen molar-refractivity contribution in [1.29, 1.82) is 0 Å². The van der Waals surface area contributed by atoms with Gasteiger partial charge in [-0.2, -0.15) is 0 Å². The van der Waals surface area contributed by atoms with E-state index in [2.05, 4.69) is 10.6 Å². The van der Waals surface area contributed by atoms with Crippen LogP contribution < -0.4 is 24.8 Å². The molecule has 3 rings (SSSR count). The molecule has 0 radical (unpaired) electrons. The van der Waals surface area contributed by atoms with Gasteiger partial charge in [-0.25, -0.2) is 9.59 Å². The van der Waals surface area contributed by atoms with Gasteiger partial charge >= 0.3 is 12.1 Å². The summed E-state index contributed by atoms with van der Waals surface area (Å²) in [6, 6.07) is 15.8. The van der Waals surface area contributed by atoms with Gasteiger partial charge in [-0.1, -0.05) is 65.0 Å². The predicted molar refractivity (Wildman–Crippen MR) is 171 cm³/mol. The lowest BCUT2D eigenvalue weighted by Crippen LogP contribution is -2.53. The molecule has 0 saturated heterocycles. The second-order valence-electron chi connectivity index (χ2n) is 12.2. The molecule has 0 fully saturated rings. The normalized spacial score (nSPS) is 12.4. The van der Waals surface area contributed by atoms with E-state index in [4.69, 9.17) is 14.2 Å². The van der Waals surface area contributed by atoms with Crippen molar-refractivity contribution in [1.82, 2.24) is 10.6 Å². The number of benzene rings is 3. The number of para-hydroxylation sites is 1. The summed E-state index contributed by atoms with van der Waals surface area (Å²) in [4.78, 5) is 60.4. The van der Waals surface area contributed by atoms with E-state index in [0.29, 0.717) is 11.3 Å². The number of ether oxygens (including phenoxy) is 3. The van der Waals surface area contributed by atoms with Gasteiger partial charge in [0.05, 0.1) is 4.92 Å². The molecule has 3 aromatic carbocycles. The number of carboxylic acids is 1. The predicted octanol–water partition coefficient (Wildman–Crippen LogP) is 5.19. The molecule has 0 aliphatic heterocycles. The number of carbonyl (C=O) groups is 4. The number of nitrogens with zero attached hydrogens (tertiary/aromatic N) is 1. The van der Waals surface area contributed by atoms with Crippen molar-refractivity contribution in [2.45, 2.75) is 65.0 Å². The van der Waals surface area contributed by atoms with Gasteiger partial charge in [-0.05, 0) is 59.2 Å². The maximum atomic E-state index is 13.2. The molecule has 13 heteroatoms. The molecule has 47 heavy (non-hydrogen) atoms. The molecule has 2 amide bonds. The number of carbonyl (C=O) groups excluding carboxylic acids is 3. The molecule has 0 spiro atoms. The third kappa shape index (κ3) is 11.4. The Kier molecular flexibility index (Phi) is 12.4. The van der Waals surface area contributed by atoms with Crippen molar-refractivity contribution in [2.75, 3.05) is 6.61 Å². The number of rotatable bonds is 14. The zero-order valence-corrected chi connectivity index (χ0v) is 26.9. The van der Waals surface area contributed by atoms with Crippen LogP contribution in [0.4, 0.5) is 10.5 Å². The van der Waals surface area contributed by atoms with Crippen molar-refractivity contribution < 1.29 is 43.4 Å². The van der Waals surface area contributed by atoms with E-state index in [9.17, 15) is 34.4 Å². The molecule has 2 atom stereocenters. The van der Waals surface area contributed by atoms with Crippen molar-refractivity contribution >= 4 is 29.6 Å². The van der Waals surface area contributed by atoms with E-state index >= 15 is 0 Å². The highest BCUT2D eigenvalue weighted by atomic mass is 16.7. The summed E-state index contributed by atoms with van der Waals surface area (Å²) in [5, 5.41) is 25.8. The first-order valence-electron chi connectivity index (χ1n) is 14.9. The van der Waals surface area contributed by atoms with Crippen LogP contribution in [0.25, 0.3) is 0 Å². The Morgan fingerprint density at radius 2 is 1.43 bits per heavy atom. The summed E-state index contributed by atoms with van der Waals surface area (Å²) in [6.07, 6.45) is -0.905. The van der Waals surface area contributed by atoms with Gasteiger partial charge in [0.25, 0.3) is 11.6 Å². The lowest BCUT2D eigenvalue weighted by Gasteiger charge is -2.24. The maximum absolute atomic E-state index is 13.2. The number of carboxylic acid groups (broad SMARTS) is 1. The summed E-state index contributed by atoms with van der Waals surface area (Å²) in [6.45, 7) is 9.52. The van der Waals surface area contributed by atoms with Gasteiger partial charge < -0.3 is 30.0 Å². The fourth-order valence-corrected chi connectivity index (χ4v) is 4.55. The van der Waals surface area contributed by atoms with E-state index in [-0.39, 0.29) is 48.0 Å². The van der Waals surface area contributed by atoms with Crippen LogP contribution in [0.1, 0.15) is 52.2 Å². The molecule has 0 aliphatic carbocycles. The van der Waals surface area contributed by atoms with Gasteiger partial charge in [0.15, 0.2) is 6.61 Å². The van der Waals surface area contributed by atoms with Gasteiger partial charge in [0.1, 0.15) is 29.3 Å². The summed E-state index contributed by atoms with van der Waals surface area (Å²) in [5.74, 6) is -1.74. The van der Waals surface area contributed by atoms with Crippen LogP contribution in [0.15, 0.2) is 72.8 Å². The maximum Gasteiger partial charge on any atom is 0.519 e. The standard InChI is InChI=1S/C34H39N3O10/c1-21(2)18-27(35-30(38)20-45-29-9-7-6-8-26(29)34(3,4)5)31(39)36-28(32(40)41)19-22-10-14-24(15-11-22)46-33(42)47-25-16-12-23(13-17-25)37(43)44/h6-17,21,27-28H,18-20H2,1-5H3,(H,35,38)(H,36,39)(H,40,41)/t27-,28-/m0/s1. The van der Waals surface area contributed by atoms with Gasteiger partial charge in [-0.15, -0.1) is 0 Å². The first-order valence-corrected chi connectivity index (χ1v) is 14.9. The highest BCUT2D eigenvalue weighted by Gasteiger charge is 2.28. The number of hydrogen-bond donors (Lipinski definition) is 3. The Labute approximate surface area is 272 Å². The smallest absolute Gasteiger partial charge is 0.483 e. The van der Waals surface area contributed by atoms with Crippen molar-refractivity contribution in [3.8, 4) is 17.2 Å². The third-order valence-corrected chi connectivity index (χ3v) is 6.84. The van der Waals surface area contributed by atoms with Crippen molar-refractivity contribution in [2.24, 2.45) is 5.92 Å². The van der Waals surface area contributed by atoms with Crippen molar-refractivity contribution in [3.63, 3.8) is 0 Å². The van der Waals surface area contributed by atoms with Crippen LogP contribution >= 0.6 is 0 Å². The summed E-state index contributed by atoms with van der Waals surface area (Å²) in [5.41, 5.74) is 1.06. The minimum Gasteiger partial charge on any atom is -0.483 e. The number of nitro groups is 1. The first kappa shape index (κ1) is 36.0. The van der Waals surface area contributed by atoms with E-state index in [1.165, 1.54) is 48.5 Å². The van der Waals surface area contributed by atoms with Crippen molar-refractivity contribution in [3.05, 3.63) is 94.0 Å². The number of hydrogen-bond acceptors (Lipinski definition) is 9. The minimum absolute atomic E-state index is 0.0107. The third-order valence-electron chi connectivity index (χ3n) is 6.84. The summed E-state index contributed by atoms with van der Waals surface area (Å²) in [7, 11) is 0. The van der Waals surface area contributed by atoms with Gasteiger partial charge in [-0.3, -0.25) is 19.7 Å². The quantitative estimate of drug-likeness (QED) is 0.0909. The van der Waals surface area contributed by atoms with Crippen LogP contribution in [-0.4, -0.2) is 52.7 Å². The lowest BCUT2D eigenvalue weighted by molar-refractivity contribution is -0.384. The van der Waals surface area contributed by atoms with Crippen LogP contribution in [0.3, 0.4) is 0 Å². The molecule has 0 unspecified atom stereocenters. The SMILES string of the molecule is CC(C)C[C@H](NC(=O)COc1ccccc1C(C)(C)C)C(=O)N[C@@H](Cc1ccc(OC(=O)Oc2ccc([N+](=O)[O-])cc2)cc1)C(=O)O. The number of nitrogens with one attached hydrogen (secondary N) is 2. The molecule has 0 heterocycles. The Balaban J connectivity index is 1.58. The van der Waals surface area contributed by atoms with E-state index < -0.39 is 40.9 Å². The zero-order chi connectivity index (χ0) is 34.7. The Hall–Kier alpha value is -5.46. The fraction of sp³-hybridized carbons (Fsp3) is 0.353. The lowest BCUT2D eigenvalue weighted by atomic mass is 9.86. The Morgan fingerprint density at radius 3 is 1.96 bits per heavy atom. The number of non-ortho nitro benzene ring substituents is 1. The number of amides is 2. The van der Waals surface area contributed by atoms with Gasteiger partial charge in [0, 0.05) is 18.6 Å². The average Bonchev–Trinajstić information content (AvgIpc) is 3.00. The van der Waals surface area contributed by atoms with Crippen LogP contribution in [0.5, 0.6) is 17.2 Å². The molecule has 3 aromatic rings. The molecule has 250 valence electrons. The number of aliphatic carboxylic acids is 1. The van der Waals surface area contributed by atoms with Crippen LogP contribution in [0.2, 0.25) is 0 Å². The highest BCUT2D eigenvalue weighted by Crippen LogP contribution is 2.31. The highest BCUT2D eigenvalue weighted by molar-refractivity contribution is 5.90. The number of nitro benzene ring substituents is 1. The average molecular weight is 650 g/mol. The van der Waals surface area contributed by atoms with Gasteiger partial charge in [0.2, 0.25) is 5.91 Å². The molecular weight excluding hydrogens is 610 g/mol.